The van der Waals surface area contributed by atoms with Crippen LogP contribution >= 0.6 is 11.3 Å². The second-order valence-electron chi connectivity index (χ2n) is 7.95. The number of rotatable bonds is 6. The minimum absolute atomic E-state index is 0.547. The summed E-state index contributed by atoms with van der Waals surface area (Å²) < 4.78 is 12.6. The van der Waals surface area contributed by atoms with E-state index in [1.54, 1.807) is 17.7 Å². The number of nitrogens with zero attached hydrogens (tertiary/aromatic N) is 4. The molecule has 8 heteroatoms. The molecule has 5 rings (SSSR count). The van der Waals surface area contributed by atoms with E-state index < -0.39 is 0 Å². The van der Waals surface area contributed by atoms with Gasteiger partial charge in [0.05, 0.1) is 23.4 Å². The summed E-state index contributed by atoms with van der Waals surface area (Å²) in [6.07, 6.45) is 8.34. The maximum atomic E-state index is 6.03. The maximum absolute atomic E-state index is 6.03. The van der Waals surface area contributed by atoms with Crippen molar-refractivity contribution in [3.8, 4) is 11.6 Å². The van der Waals surface area contributed by atoms with E-state index in [0.29, 0.717) is 5.88 Å². The fraction of sp³-hybridized carbons (Fsp3) is 0.500. The van der Waals surface area contributed by atoms with E-state index in [4.69, 9.17) is 14.5 Å². The van der Waals surface area contributed by atoms with E-state index in [2.05, 4.69) is 20.2 Å². The molecule has 0 amide bonds. The molecule has 3 aromatic rings. The molecule has 1 aliphatic heterocycles. The molecule has 2 aliphatic rings. The number of benzene rings is 1. The van der Waals surface area contributed by atoms with Crippen molar-refractivity contribution in [2.75, 3.05) is 43.1 Å². The topological polar surface area (TPSA) is 72.4 Å². The lowest BCUT2D eigenvalue weighted by Gasteiger charge is -2.27. The molecule has 2 aromatic heterocycles. The molecule has 0 atom stereocenters. The second-order valence-corrected chi connectivity index (χ2v) is 8.98. The predicted molar refractivity (Wildman–Crippen MR) is 120 cm³/mol. The lowest BCUT2D eigenvalue weighted by atomic mass is 9.89. The fourth-order valence-electron chi connectivity index (χ4n) is 4.14. The molecule has 158 valence electrons. The van der Waals surface area contributed by atoms with Gasteiger partial charge in [0.1, 0.15) is 17.9 Å². The van der Waals surface area contributed by atoms with E-state index in [9.17, 15) is 0 Å². The Morgan fingerprint density at radius 2 is 1.97 bits per heavy atom. The smallest absolute Gasteiger partial charge is 0.224 e. The Labute approximate surface area is 180 Å². The summed E-state index contributed by atoms with van der Waals surface area (Å²) >= 11 is 1.68. The molecular weight excluding hydrogens is 398 g/mol. The molecular formula is C22H27N5O2S. The Morgan fingerprint density at radius 3 is 2.83 bits per heavy atom. The van der Waals surface area contributed by atoms with E-state index in [1.807, 2.05) is 24.3 Å². The summed E-state index contributed by atoms with van der Waals surface area (Å²) in [5.41, 5.74) is 0.996. The van der Waals surface area contributed by atoms with Crippen LogP contribution in [0.15, 0.2) is 30.6 Å². The van der Waals surface area contributed by atoms with Gasteiger partial charge in [0.25, 0.3) is 0 Å². The van der Waals surface area contributed by atoms with Crippen LogP contribution in [0.5, 0.6) is 11.6 Å². The molecule has 0 unspecified atom stereocenters. The second kappa shape index (κ2) is 9.14. The van der Waals surface area contributed by atoms with Gasteiger partial charge in [-0.1, -0.05) is 30.6 Å². The summed E-state index contributed by atoms with van der Waals surface area (Å²) in [4.78, 5) is 15.6. The van der Waals surface area contributed by atoms with Gasteiger partial charge in [-0.3, -0.25) is 0 Å². The molecule has 2 fully saturated rings. The van der Waals surface area contributed by atoms with Crippen LogP contribution in [0.3, 0.4) is 0 Å². The summed E-state index contributed by atoms with van der Waals surface area (Å²) in [7, 11) is 0. The molecule has 1 saturated carbocycles. The van der Waals surface area contributed by atoms with Crippen LogP contribution in [-0.4, -0.2) is 47.8 Å². The highest BCUT2D eigenvalue weighted by atomic mass is 32.1. The first-order valence-electron chi connectivity index (χ1n) is 10.8. The number of morpholine rings is 1. The lowest BCUT2D eigenvalue weighted by Crippen LogP contribution is -2.36. The molecule has 30 heavy (non-hydrogen) atoms. The van der Waals surface area contributed by atoms with Gasteiger partial charge in [0.15, 0.2) is 5.13 Å². The average molecular weight is 426 g/mol. The molecule has 7 nitrogen and oxygen atoms in total. The Bertz CT molecular complexity index is 983. The van der Waals surface area contributed by atoms with Gasteiger partial charge in [-0.15, -0.1) is 0 Å². The van der Waals surface area contributed by atoms with Crippen LogP contribution < -0.4 is 15.0 Å². The molecule has 1 aliphatic carbocycles. The molecule has 0 radical (unpaired) electrons. The van der Waals surface area contributed by atoms with Gasteiger partial charge in [-0.25, -0.2) is 15.0 Å². The molecule has 1 N–H and O–H groups in total. The third kappa shape index (κ3) is 4.65. The van der Waals surface area contributed by atoms with Crippen LogP contribution in [0.2, 0.25) is 0 Å². The normalized spacial score (nSPS) is 17.9. The van der Waals surface area contributed by atoms with Gasteiger partial charge >= 0.3 is 0 Å². The molecule has 1 saturated heterocycles. The van der Waals surface area contributed by atoms with Crippen molar-refractivity contribution in [3.63, 3.8) is 0 Å². The Kier molecular flexibility index (Phi) is 5.94. The molecule has 3 heterocycles. The van der Waals surface area contributed by atoms with Crippen LogP contribution in [0.25, 0.3) is 10.2 Å². The number of anilines is 2. The van der Waals surface area contributed by atoms with Crippen molar-refractivity contribution in [2.45, 2.75) is 32.1 Å². The zero-order valence-corrected chi connectivity index (χ0v) is 17.9. The number of hydrogen-bond acceptors (Lipinski definition) is 8. The lowest BCUT2D eigenvalue weighted by molar-refractivity contribution is 0.122. The van der Waals surface area contributed by atoms with E-state index >= 15 is 0 Å². The highest BCUT2D eigenvalue weighted by Gasteiger charge is 2.15. The zero-order chi connectivity index (χ0) is 20.2. The number of fused-ring (bicyclic) bond motifs is 1. The number of hydrogen-bond donors (Lipinski definition) is 1. The van der Waals surface area contributed by atoms with Crippen molar-refractivity contribution < 1.29 is 9.47 Å². The van der Waals surface area contributed by atoms with Gasteiger partial charge in [-0.2, -0.15) is 0 Å². The molecule has 0 bridgehead atoms. The van der Waals surface area contributed by atoms with Crippen molar-refractivity contribution in [1.29, 1.82) is 0 Å². The molecule has 0 spiro atoms. The van der Waals surface area contributed by atoms with Crippen molar-refractivity contribution in [3.05, 3.63) is 30.6 Å². The van der Waals surface area contributed by atoms with Gasteiger partial charge in [0, 0.05) is 31.8 Å². The largest absolute Gasteiger partial charge is 0.439 e. The number of aromatic nitrogens is 3. The number of nitrogens with one attached hydrogen (secondary N) is 1. The minimum Gasteiger partial charge on any atom is -0.439 e. The summed E-state index contributed by atoms with van der Waals surface area (Å²) in [6, 6.07) is 7.88. The van der Waals surface area contributed by atoms with Crippen molar-refractivity contribution >= 4 is 32.5 Å². The first-order chi connectivity index (χ1) is 14.8. The molecule has 1 aromatic carbocycles. The zero-order valence-electron chi connectivity index (χ0n) is 17.0. The number of ether oxygens (including phenoxy) is 2. The quantitative estimate of drug-likeness (QED) is 0.613. The monoisotopic (exact) mass is 425 g/mol. The summed E-state index contributed by atoms with van der Waals surface area (Å²) in [6.45, 7) is 4.13. The highest BCUT2D eigenvalue weighted by molar-refractivity contribution is 7.22. The SMILES string of the molecule is c1nc(Oc2ccc3nc(NCC4CCCCC4)sc3c2)cc(N2CCOCC2)n1. The fourth-order valence-corrected chi connectivity index (χ4v) is 5.04. The van der Waals surface area contributed by atoms with Gasteiger partial charge in [-0.05, 0) is 30.9 Å². The van der Waals surface area contributed by atoms with Crippen LogP contribution in [-0.2, 0) is 4.74 Å². The highest BCUT2D eigenvalue weighted by Crippen LogP contribution is 2.32. The minimum atomic E-state index is 0.547. The van der Waals surface area contributed by atoms with E-state index in [1.165, 1.54) is 32.1 Å². The first-order valence-corrected chi connectivity index (χ1v) is 11.6. The maximum Gasteiger partial charge on any atom is 0.224 e. The Morgan fingerprint density at radius 1 is 1.10 bits per heavy atom. The predicted octanol–water partition coefficient (Wildman–Crippen LogP) is 4.71. The standard InChI is InChI=1S/C22H27N5O2S/c1-2-4-16(5-3-1)14-23-22-26-18-7-6-17(12-19(18)30-22)29-21-13-20(24-15-25-21)27-8-10-28-11-9-27/h6-7,12-13,15-16H,1-5,8-11,14H2,(H,23,26). The Balaban J connectivity index is 1.26. The third-order valence-electron chi connectivity index (χ3n) is 5.81. The van der Waals surface area contributed by atoms with Gasteiger partial charge < -0.3 is 19.7 Å². The van der Waals surface area contributed by atoms with Crippen molar-refractivity contribution in [2.24, 2.45) is 5.92 Å². The summed E-state index contributed by atoms with van der Waals surface area (Å²) in [5, 5.41) is 4.54. The van der Waals surface area contributed by atoms with Crippen molar-refractivity contribution in [1.82, 2.24) is 15.0 Å². The Hall–Kier alpha value is -2.45. The van der Waals surface area contributed by atoms with Crippen LogP contribution in [0.1, 0.15) is 32.1 Å². The third-order valence-corrected chi connectivity index (χ3v) is 6.79. The van der Waals surface area contributed by atoms with Gasteiger partial charge in [0.2, 0.25) is 5.88 Å². The van der Waals surface area contributed by atoms with E-state index in [0.717, 1.165) is 65.7 Å². The average Bonchev–Trinajstić information content (AvgIpc) is 3.21. The van der Waals surface area contributed by atoms with E-state index in [-0.39, 0.29) is 0 Å². The van der Waals surface area contributed by atoms with Crippen LogP contribution in [0.4, 0.5) is 10.9 Å². The number of thiazole rings is 1. The summed E-state index contributed by atoms with van der Waals surface area (Å²) in [5.74, 6) is 2.96. The van der Waals surface area contributed by atoms with Crippen LogP contribution in [0, 0.1) is 5.92 Å². The first kappa shape index (κ1) is 19.5.